The number of rotatable bonds is 8. The average Bonchev–Trinajstić information content (AvgIpc) is 2.85. The molecular formula is C26H21ClF3N3O3S. The zero-order valence-corrected chi connectivity index (χ0v) is 21.1. The molecule has 1 aliphatic rings. The first-order chi connectivity index (χ1) is 17.6. The Hall–Kier alpha value is -3.68. The quantitative estimate of drug-likeness (QED) is 0.304. The lowest BCUT2D eigenvalue weighted by Gasteiger charge is -2.30. The van der Waals surface area contributed by atoms with Gasteiger partial charge in [0.25, 0.3) is 0 Å². The maximum absolute atomic E-state index is 13.9. The van der Waals surface area contributed by atoms with Crippen molar-refractivity contribution in [3.63, 3.8) is 0 Å². The number of allylic oxidation sites excluding steroid dienone is 2. The van der Waals surface area contributed by atoms with Crippen molar-refractivity contribution in [2.24, 2.45) is 0 Å². The summed E-state index contributed by atoms with van der Waals surface area (Å²) in [5.74, 6) is -2.86. The van der Waals surface area contributed by atoms with E-state index in [-0.39, 0.29) is 39.8 Å². The molecule has 6 nitrogen and oxygen atoms in total. The normalized spacial score (nSPS) is 15.5. The Labute approximate surface area is 220 Å². The molecule has 2 aromatic rings. The molecule has 0 aliphatic carbocycles. The molecule has 1 amide bonds. The highest BCUT2D eigenvalue weighted by Gasteiger charge is 2.41. The summed E-state index contributed by atoms with van der Waals surface area (Å²) < 4.78 is 46.9. The van der Waals surface area contributed by atoms with E-state index in [1.54, 1.807) is 24.3 Å². The largest absolute Gasteiger partial charge is 0.458 e. The molecule has 0 unspecified atom stereocenters. The lowest BCUT2D eigenvalue weighted by Crippen LogP contribution is -2.30. The van der Waals surface area contributed by atoms with Gasteiger partial charge >= 0.3 is 12.1 Å². The second-order valence-electron chi connectivity index (χ2n) is 7.77. The predicted octanol–water partition coefficient (Wildman–Crippen LogP) is 6.16. The van der Waals surface area contributed by atoms with Crippen molar-refractivity contribution < 1.29 is 27.5 Å². The Morgan fingerprint density at radius 2 is 2.00 bits per heavy atom. The van der Waals surface area contributed by atoms with E-state index in [0.29, 0.717) is 10.7 Å². The van der Waals surface area contributed by atoms with Crippen molar-refractivity contribution in [1.29, 1.82) is 5.26 Å². The highest BCUT2D eigenvalue weighted by atomic mass is 35.5. The van der Waals surface area contributed by atoms with Gasteiger partial charge in [0, 0.05) is 16.4 Å². The number of ether oxygens (including phenoxy) is 1. The molecule has 2 N–H and O–H groups in total. The smallest absolute Gasteiger partial charge is 0.416 e. The molecule has 0 saturated heterocycles. The van der Waals surface area contributed by atoms with Gasteiger partial charge in [-0.3, -0.25) is 4.79 Å². The second-order valence-corrected chi connectivity index (χ2v) is 9.19. The minimum absolute atomic E-state index is 0.136. The molecule has 0 saturated carbocycles. The first-order valence-corrected chi connectivity index (χ1v) is 12.2. The van der Waals surface area contributed by atoms with Gasteiger partial charge in [-0.25, -0.2) is 4.79 Å². The molecular weight excluding hydrogens is 527 g/mol. The monoisotopic (exact) mass is 547 g/mol. The van der Waals surface area contributed by atoms with Crippen LogP contribution in [0.4, 0.5) is 18.9 Å². The molecule has 11 heteroatoms. The summed E-state index contributed by atoms with van der Waals surface area (Å²) in [6, 6.07) is 13.2. The van der Waals surface area contributed by atoms with Crippen molar-refractivity contribution in [2.45, 2.75) is 19.0 Å². The predicted molar refractivity (Wildman–Crippen MR) is 136 cm³/mol. The fourth-order valence-electron chi connectivity index (χ4n) is 3.73. The molecule has 3 rings (SSSR count). The van der Waals surface area contributed by atoms with Crippen molar-refractivity contribution in [3.8, 4) is 6.07 Å². The highest BCUT2D eigenvalue weighted by molar-refractivity contribution is 8.03. The van der Waals surface area contributed by atoms with E-state index in [1.807, 2.05) is 6.07 Å². The number of carbonyl (C=O) groups excluding carboxylic acids is 2. The van der Waals surface area contributed by atoms with Gasteiger partial charge in [-0.05, 0) is 36.8 Å². The average molecular weight is 548 g/mol. The number of esters is 1. The van der Waals surface area contributed by atoms with Crippen LogP contribution in [0.2, 0.25) is 5.02 Å². The molecule has 1 heterocycles. The van der Waals surface area contributed by atoms with Gasteiger partial charge in [0.1, 0.15) is 6.61 Å². The fourth-order valence-corrected chi connectivity index (χ4v) is 4.81. The van der Waals surface area contributed by atoms with E-state index in [2.05, 4.69) is 17.2 Å². The summed E-state index contributed by atoms with van der Waals surface area (Å²) in [5, 5.41) is 16.2. The van der Waals surface area contributed by atoms with Crippen LogP contribution in [-0.4, -0.2) is 24.2 Å². The number of amides is 1. The number of alkyl halides is 3. The Balaban J connectivity index is 2.01. The number of anilines is 1. The third-order valence-corrected chi connectivity index (χ3v) is 6.49. The number of hydrogen-bond donors (Lipinski definition) is 2. The highest BCUT2D eigenvalue weighted by Crippen LogP contribution is 2.45. The van der Waals surface area contributed by atoms with E-state index >= 15 is 0 Å². The van der Waals surface area contributed by atoms with Crippen LogP contribution in [0.3, 0.4) is 0 Å². The SMILES string of the molecule is C=CCOC(=O)C1=C(C)NC(SCC(=O)Nc2cccc(Cl)c2)=C(C#N)[C@@H]1c1ccccc1C(F)(F)F. The summed E-state index contributed by atoms with van der Waals surface area (Å²) in [7, 11) is 0. The minimum atomic E-state index is -4.74. The number of thioether (sulfide) groups is 1. The molecule has 1 atom stereocenters. The van der Waals surface area contributed by atoms with Gasteiger partial charge in [0.15, 0.2) is 0 Å². The van der Waals surface area contributed by atoms with Gasteiger partial charge in [0.2, 0.25) is 5.91 Å². The van der Waals surface area contributed by atoms with Gasteiger partial charge < -0.3 is 15.4 Å². The van der Waals surface area contributed by atoms with Crippen molar-refractivity contribution in [3.05, 3.63) is 99.2 Å². The van der Waals surface area contributed by atoms with E-state index < -0.39 is 29.5 Å². The molecule has 37 heavy (non-hydrogen) atoms. The van der Waals surface area contributed by atoms with E-state index in [1.165, 1.54) is 31.2 Å². The summed E-state index contributed by atoms with van der Waals surface area (Å²) in [5.41, 5.74) is -0.882. The molecule has 192 valence electrons. The molecule has 1 aliphatic heterocycles. The van der Waals surface area contributed by atoms with Crippen LogP contribution in [0.25, 0.3) is 0 Å². The van der Waals surface area contributed by atoms with E-state index in [4.69, 9.17) is 16.3 Å². The number of hydrogen-bond acceptors (Lipinski definition) is 6. The summed E-state index contributed by atoms with van der Waals surface area (Å²) in [4.78, 5) is 25.4. The zero-order chi connectivity index (χ0) is 27.2. The van der Waals surface area contributed by atoms with Crippen LogP contribution in [0.1, 0.15) is 24.0 Å². The molecule has 0 fully saturated rings. The number of nitrogens with one attached hydrogen (secondary N) is 2. The first-order valence-electron chi connectivity index (χ1n) is 10.8. The van der Waals surface area contributed by atoms with Crippen LogP contribution in [0.15, 0.2) is 83.1 Å². The van der Waals surface area contributed by atoms with Crippen molar-refractivity contribution >= 4 is 40.9 Å². The van der Waals surface area contributed by atoms with Crippen LogP contribution in [-0.2, 0) is 20.5 Å². The Kier molecular flexibility index (Phi) is 9.08. The lowest BCUT2D eigenvalue weighted by atomic mass is 9.80. The van der Waals surface area contributed by atoms with Crippen LogP contribution >= 0.6 is 23.4 Å². The zero-order valence-electron chi connectivity index (χ0n) is 19.5. The van der Waals surface area contributed by atoms with Crippen molar-refractivity contribution in [1.82, 2.24) is 5.32 Å². The molecule has 2 aromatic carbocycles. The van der Waals surface area contributed by atoms with Crippen LogP contribution in [0.5, 0.6) is 0 Å². The maximum Gasteiger partial charge on any atom is 0.416 e. The van der Waals surface area contributed by atoms with Gasteiger partial charge in [0.05, 0.1) is 39.5 Å². The van der Waals surface area contributed by atoms with Crippen molar-refractivity contribution in [2.75, 3.05) is 17.7 Å². The fraction of sp³-hybridized carbons (Fsp3) is 0.192. The third-order valence-electron chi connectivity index (χ3n) is 5.23. The van der Waals surface area contributed by atoms with E-state index in [9.17, 15) is 28.0 Å². The lowest BCUT2D eigenvalue weighted by molar-refractivity contribution is -0.140. The number of carbonyl (C=O) groups is 2. The second kappa shape index (κ2) is 12.0. The van der Waals surface area contributed by atoms with Gasteiger partial charge in [-0.2, -0.15) is 18.4 Å². The molecule has 0 aromatic heterocycles. The summed E-state index contributed by atoms with van der Waals surface area (Å²) >= 11 is 6.86. The Bertz CT molecular complexity index is 1330. The standard InChI is InChI=1S/C26H21ClF3N3O3S/c1-3-11-36-25(35)22-15(2)32-24(37-14-21(34)33-17-8-6-7-16(27)12-17)19(13-31)23(22)18-9-4-5-10-20(18)26(28,29)30/h3-10,12,23,32H,1,11,14H2,2H3,(H,33,34)/t23-/m0/s1. The number of benzene rings is 2. The van der Waals surface area contributed by atoms with Gasteiger partial charge in [-0.15, -0.1) is 0 Å². The van der Waals surface area contributed by atoms with E-state index in [0.717, 1.165) is 17.8 Å². The summed E-state index contributed by atoms with van der Waals surface area (Å²) in [6.07, 6.45) is -3.42. The summed E-state index contributed by atoms with van der Waals surface area (Å²) in [6.45, 7) is 4.80. The Morgan fingerprint density at radius 3 is 2.65 bits per heavy atom. The van der Waals surface area contributed by atoms with Crippen LogP contribution < -0.4 is 10.6 Å². The maximum atomic E-state index is 13.9. The molecule has 0 radical (unpaired) electrons. The number of nitriles is 1. The first kappa shape index (κ1) is 27.9. The Morgan fingerprint density at radius 1 is 1.27 bits per heavy atom. The number of dihydropyridines is 1. The number of halogens is 4. The van der Waals surface area contributed by atoms with Gasteiger partial charge in [-0.1, -0.05) is 60.3 Å². The third kappa shape index (κ3) is 6.76. The minimum Gasteiger partial charge on any atom is -0.458 e. The topological polar surface area (TPSA) is 91.2 Å². The molecule has 0 bridgehead atoms. The van der Waals surface area contributed by atoms with Crippen LogP contribution in [0, 0.1) is 11.3 Å². The number of nitrogens with zero attached hydrogens (tertiary/aromatic N) is 1. The molecule has 0 spiro atoms.